The predicted molar refractivity (Wildman–Crippen MR) is 87.3 cm³/mol. The van der Waals surface area contributed by atoms with Gasteiger partial charge in [0, 0.05) is 16.3 Å². The standard InChI is InChI=1S/C14H10BrClN2O2S/c1-21(19,20)9-3-5-12-13(7-9)18-14(17-12)10-4-2-8(15)6-11(10)16/h2-7H,1H3,(H,17,18). The van der Waals surface area contributed by atoms with Gasteiger partial charge < -0.3 is 4.98 Å². The summed E-state index contributed by atoms with van der Waals surface area (Å²) in [4.78, 5) is 7.81. The van der Waals surface area contributed by atoms with E-state index in [9.17, 15) is 8.42 Å². The van der Waals surface area contributed by atoms with Gasteiger partial charge in [0.15, 0.2) is 9.84 Å². The van der Waals surface area contributed by atoms with Gasteiger partial charge in [-0.25, -0.2) is 13.4 Å². The van der Waals surface area contributed by atoms with Crippen LogP contribution in [0.1, 0.15) is 0 Å². The molecule has 7 heteroatoms. The van der Waals surface area contributed by atoms with Crippen molar-refractivity contribution in [3.05, 3.63) is 45.9 Å². The van der Waals surface area contributed by atoms with Crippen LogP contribution in [0.4, 0.5) is 0 Å². The first-order valence-electron chi connectivity index (χ1n) is 6.00. The normalized spacial score (nSPS) is 12.0. The molecule has 0 aliphatic rings. The topological polar surface area (TPSA) is 62.8 Å². The van der Waals surface area contributed by atoms with Gasteiger partial charge in [0.1, 0.15) is 5.82 Å². The zero-order chi connectivity index (χ0) is 15.2. The van der Waals surface area contributed by atoms with Crippen LogP contribution in [-0.2, 0) is 9.84 Å². The number of hydrogen-bond acceptors (Lipinski definition) is 3. The number of hydrogen-bond donors (Lipinski definition) is 1. The van der Waals surface area contributed by atoms with Crippen molar-refractivity contribution < 1.29 is 8.42 Å². The number of benzene rings is 2. The van der Waals surface area contributed by atoms with Crippen molar-refractivity contribution in [1.29, 1.82) is 0 Å². The second-order valence-corrected chi connectivity index (χ2v) is 8.00. The molecule has 0 radical (unpaired) electrons. The second kappa shape index (κ2) is 5.12. The molecule has 4 nitrogen and oxygen atoms in total. The molecule has 0 aliphatic heterocycles. The highest BCUT2D eigenvalue weighted by molar-refractivity contribution is 9.10. The van der Waals surface area contributed by atoms with E-state index in [-0.39, 0.29) is 4.90 Å². The Morgan fingerprint density at radius 2 is 1.95 bits per heavy atom. The zero-order valence-corrected chi connectivity index (χ0v) is 14.1. The van der Waals surface area contributed by atoms with Crippen LogP contribution >= 0.6 is 27.5 Å². The molecule has 0 saturated heterocycles. The van der Waals surface area contributed by atoms with Gasteiger partial charge in [-0.3, -0.25) is 0 Å². The summed E-state index contributed by atoms with van der Waals surface area (Å²) in [7, 11) is -3.24. The van der Waals surface area contributed by atoms with Gasteiger partial charge >= 0.3 is 0 Å². The summed E-state index contributed by atoms with van der Waals surface area (Å²) in [5, 5.41) is 0.562. The Morgan fingerprint density at radius 1 is 1.19 bits per heavy atom. The number of aromatic amines is 1. The largest absolute Gasteiger partial charge is 0.338 e. The van der Waals surface area contributed by atoms with Gasteiger partial charge in [-0.2, -0.15) is 0 Å². The summed E-state index contributed by atoms with van der Waals surface area (Å²) in [5.41, 5.74) is 2.11. The molecule has 0 fully saturated rings. The summed E-state index contributed by atoms with van der Waals surface area (Å²) in [6.45, 7) is 0. The Morgan fingerprint density at radius 3 is 2.62 bits per heavy atom. The van der Waals surface area contributed by atoms with Crippen molar-refractivity contribution in [2.45, 2.75) is 4.90 Å². The first-order valence-corrected chi connectivity index (χ1v) is 9.06. The molecule has 1 heterocycles. The van der Waals surface area contributed by atoms with E-state index in [1.807, 2.05) is 12.1 Å². The Labute approximate surface area is 135 Å². The summed E-state index contributed by atoms with van der Waals surface area (Å²) in [6, 6.07) is 10.3. The minimum absolute atomic E-state index is 0.257. The molecule has 0 saturated carbocycles. The molecule has 3 rings (SSSR count). The van der Waals surface area contributed by atoms with E-state index in [1.54, 1.807) is 24.3 Å². The third-order valence-corrected chi connectivity index (χ3v) is 4.98. The number of nitrogens with zero attached hydrogens (tertiary/aromatic N) is 1. The number of fused-ring (bicyclic) bond motifs is 1. The third kappa shape index (κ3) is 2.84. The van der Waals surface area contributed by atoms with E-state index in [4.69, 9.17) is 11.6 Å². The lowest BCUT2D eigenvalue weighted by molar-refractivity contribution is 0.602. The summed E-state index contributed by atoms with van der Waals surface area (Å²) in [6.07, 6.45) is 1.18. The lowest BCUT2D eigenvalue weighted by Gasteiger charge is -2.00. The summed E-state index contributed by atoms with van der Waals surface area (Å²) < 4.78 is 24.0. The molecular formula is C14H10BrClN2O2S. The molecule has 108 valence electrons. The van der Waals surface area contributed by atoms with Crippen molar-refractivity contribution in [1.82, 2.24) is 9.97 Å². The van der Waals surface area contributed by atoms with Gasteiger partial charge in [0.05, 0.1) is 21.0 Å². The highest BCUT2D eigenvalue weighted by atomic mass is 79.9. The van der Waals surface area contributed by atoms with Crippen LogP contribution in [0.15, 0.2) is 45.8 Å². The first kappa shape index (κ1) is 14.6. The van der Waals surface area contributed by atoms with Crippen LogP contribution in [-0.4, -0.2) is 24.6 Å². The number of aromatic nitrogens is 2. The van der Waals surface area contributed by atoms with E-state index < -0.39 is 9.84 Å². The van der Waals surface area contributed by atoms with E-state index in [0.29, 0.717) is 21.9 Å². The fourth-order valence-electron chi connectivity index (χ4n) is 2.03. The first-order chi connectivity index (χ1) is 9.84. The fourth-order valence-corrected chi connectivity index (χ4v) is 3.44. The van der Waals surface area contributed by atoms with Crippen LogP contribution in [0.5, 0.6) is 0 Å². The van der Waals surface area contributed by atoms with E-state index in [0.717, 1.165) is 10.0 Å². The Bertz CT molecular complexity index is 951. The SMILES string of the molecule is CS(=O)(=O)c1ccc2nc(-c3ccc(Br)cc3Cl)[nH]c2c1. The van der Waals surface area contributed by atoms with Crippen molar-refractivity contribution >= 4 is 48.4 Å². The van der Waals surface area contributed by atoms with Gasteiger partial charge in [-0.15, -0.1) is 0 Å². The zero-order valence-electron chi connectivity index (χ0n) is 10.9. The molecule has 0 bridgehead atoms. The maximum Gasteiger partial charge on any atom is 0.175 e. The van der Waals surface area contributed by atoms with Gasteiger partial charge in [-0.1, -0.05) is 27.5 Å². The molecule has 3 aromatic rings. The molecule has 1 N–H and O–H groups in total. The van der Waals surface area contributed by atoms with Gasteiger partial charge in [-0.05, 0) is 36.4 Å². The minimum atomic E-state index is -3.24. The monoisotopic (exact) mass is 384 g/mol. The van der Waals surface area contributed by atoms with Crippen molar-refractivity contribution in [2.75, 3.05) is 6.26 Å². The Kier molecular flexibility index (Phi) is 3.55. The lowest BCUT2D eigenvalue weighted by Crippen LogP contribution is -1.96. The van der Waals surface area contributed by atoms with E-state index in [2.05, 4.69) is 25.9 Å². The Hall–Kier alpha value is -1.37. The maximum absolute atomic E-state index is 11.6. The van der Waals surface area contributed by atoms with Gasteiger partial charge in [0.25, 0.3) is 0 Å². The molecule has 0 atom stereocenters. The molecule has 0 unspecified atom stereocenters. The average Bonchev–Trinajstić information content (AvgIpc) is 2.79. The molecular weight excluding hydrogens is 376 g/mol. The van der Waals surface area contributed by atoms with Crippen LogP contribution in [0.25, 0.3) is 22.4 Å². The summed E-state index contributed by atoms with van der Waals surface area (Å²) in [5.74, 6) is 0.605. The van der Waals surface area contributed by atoms with Crippen LogP contribution in [0, 0.1) is 0 Å². The fraction of sp³-hybridized carbons (Fsp3) is 0.0714. The number of sulfone groups is 1. The quantitative estimate of drug-likeness (QED) is 0.724. The molecule has 0 spiro atoms. The lowest BCUT2D eigenvalue weighted by atomic mass is 10.2. The van der Waals surface area contributed by atoms with Crippen LogP contribution in [0.3, 0.4) is 0 Å². The average molecular weight is 386 g/mol. The predicted octanol–water partition coefficient (Wildman–Crippen LogP) is 4.05. The van der Waals surface area contributed by atoms with Crippen LogP contribution in [0.2, 0.25) is 5.02 Å². The number of nitrogens with one attached hydrogen (secondary N) is 1. The molecule has 21 heavy (non-hydrogen) atoms. The molecule has 2 aromatic carbocycles. The van der Waals surface area contributed by atoms with Crippen molar-refractivity contribution in [2.24, 2.45) is 0 Å². The second-order valence-electron chi connectivity index (χ2n) is 4.66. The molecule has 0 aliphatic carbocycles. The highest BCUT2D eigenvalue weighted by Crippen LogP contribution is 2.30. The third-order valence-electron chi connectivity index (χ3n) is 3.07. The maximum atomic E-state index is 11.6. The number of imidazole rings is 1. The summed E-state index contributed by atoms with van der Waals surface area (Å²) >= 11 is 9.56. The molecule has 0 amide bonds. The number of H-pyrrole nitrogens is 1. The van der Waals surface area contributed by atoms with E-state index in [1.165, 1.54) is 6.26 Å². The Balaban J connectivity index is 2.17. The van der Waals surface area contributed by atoms with Crippen molar-refractivity contribution in [3.8, 4) is 11.4 Å². The van der Waals surface area contributed by atoms with Gasteiger partial charge in [0.2, 0.25) is 0 Å². The van der Waals surface area contributed by atoms with Crippen molar-refractivity contribution in [3.63, 3.8) is 0 Å². The van der Waals surface area contributed by atoms with Crippen LogP contribution < -0.4 is 0 Å². The smallest absolute Gasteiger partial charge is 0.175 e. The minimum Gasteiger partial charge on any atom is -0.338 e. The number of halogens is 2. The molecule has 1 aromatic heterocycles. The number of rotatable bonds is 2. The van der Waals surface area contributed by atoms with E-state index >= 15 is 0 Å². The highest BCUT2D eigenvalue weighted by Gasteiger charge is 2.12.